The number of rotatable bonds is 5. The lowest BCUT2D eigenvalue weighted by molar-refractivity contribution is -0.113. The van der Waals surface area contributed by atoms with Gasteiger partial charge in [0.25, 0.3) is 5.91 Å². The second-order valence-corrected chi connectivity index (χ2v) is 6.50. The number of benzene rings is 2. The maximum atomic E-state index is 14.7. The first kappa shape index (κ1) is 18.7. The van der Waals surface area contributed by atoms with Crippen molar-refractivity contribution in [3.8, 4) is 5.75 Å². The van der Waals surface area contributed by atoms with Gasteiger partial charge in [-0.3, -0.25) is 4.79 Å². The fourth-order valence-corrected chi connectivity index (χ4v) is 3.41. The lowest BCUT2D eigenvalue weighted by atomic mass is 9.94. The summed E-state index contributed by atoms with van der Waals surface area (Å²) in [7, 11) is 0. The van der Waals surface area contributed by atoms with Gasteiger partial charge in [-0.05, 0) is 32.0 Å². The number of carbonyl (C=O) groups excluding carboxylic acids is 1. The molecular weight excluding hydrogens is 373 g/mol. The highest BCUT2D eigenvalue weighted by Crippen LogP contribution is 2.36. The van der Waals surface area contributed by atoms with E-state index in [1.807, 2.05) is 19.1 Å². The van der Waals surface area contributed by atoms with Crippen LogP contribution in [0.15, 0.2) is 66.1 Å². The van der Waals surface area contributed by atoms with E-state index in [1.54, 1.807) is 37.3 Å². The number of nitrogens with one attached hydrogen (secondary N) is 2. The zero-order valence-electron chi connectivity index (χ0n) is 16.0. The lowest BCUT2D eigenvalue weighted by Crippen LogP contribution is -2.32. The van der Waals surface area contributed by atoms with Crippen molar-refractivity contribution in [1.29, 1.82) is 0 Å². The zero-order valence-corrected chi connectivity index (χ0v) is 16.0. The minimum Gasteiger partial charge on any atom is -0.492 e. The van der Waals surface area contributed by atoms with Gasteiger partial charge < -0.3 is 15.4 Å². The van der Waals surface area contributed by atoms with E-state index in [9.17, 15) is 9.18 Å². The van der Waals surface area contributed by atoms with Gasteiger partial charge in [0.1, 0.15) is 23.9 Å². The molecular formula is C21H20FN5O2. The molecule has 0 radical (unpaired) electrons. The summed E-state index contributed by atoms with van der Waals surface area (Å²) in [6.45, 7) is 4.10. The van der Waals surface area contributed by atoms with Crippen LogP contribution >= 0.6 is 0 Å². The molecule has 1 aromatic heterocycles. The highest BCUT2D eigenvalue weighted by molar-refractivity contribution is 6.06. The van der Waals surface area contributed by atoms with Crippen LogP contribution in [0.5, 0.6) is 5.75 Å². The molecule has 0 bridgehead atoms. The van der Waals surface area contributed by atoms with Crippen molar-refractivity contribution < 1.29 is 13.9 Å². The molecule has 3 aromatic rings. The maximum absolute atomic E-state index is 14.7. The quantitative estimate of drug-likeness (QED) is 0.690. The van der Waals surface area contributed by atoms with Gasteiger partial charge in [0.2, 0.25) is 5.95 Å². The number of nitrogens with zero attached hydrogens (tertiary/aromatic N) is 3. The molecule has 0 spiro atoms. The standard InChI is InChI=1S/C21H20FN5O2/c1-3-29-17-11-7-6-10-16(17)26-20(28)18-13(2)25-21-23-12-24-27(21)19(18)14-8-4-5-9-15(14)22/h4-12,19H,3H2,1-2H3,(H,26,28)(H,23,24,25). The van der Waals surface area contributed by atoms with Crippen molar-refractivity contribution in [3.05, 3.63) is 77.5 Å². The number of allylic oxidation sites excluding steroid dienone is 1. The molecule has 0 saturated heterocycles. The van der Waals surface area contributed by atoms with Gasteiger partial charge in [-0.25, -0.2) is 9.07 Å². The first-order valence-corrected chi connectivity index (χ1v) is 9.25. The largest absolute Gasteiger partial charge is 0.492 e. The van der Waals surface area contributed by atoms with Gasteiger partial charge in [-0.15, -0.1) is 0 Å². The van der Waals surface area contributed by atoms with E-state index in [1.165, 1.54) is 17.1 Å². The van der Waals surface area contributed by atoms with Gasteiger partial charge in [0.15, 0.2) is 0 Å². The van der Waals surface area contributed by atoms with E-state index in [0.29, 0.717) is 40.8 Å². The Morgan fingerprint density at radius 2 is 2.00 bits per heavy atom. The Labute approximate surface area is 167 Å². The number of amides is 1. The topological polar surface area (TPSA) is 81.1 Å². The predicted octanol–water partition coefficient (Wildman–Crippen LogP) is 3.74. The smallest absolute Gasteiger partial charge is 0.255 e. The lowest BCUT2D eigenvalue weighted by Gasteiger charge is -2.29. The average Bonchev–Trinajstić information content (AvgIpc) is 3.17. The molecule has 0 fully saturated rings. The molecule has 1 amide bonds. The van der Waals surface area contributed by atoms with Crippen LogP contribution in [0, 0.1) is 5.82 Å². The fourth-order valence-electron chi connectivity index (χ4n) is 3.41. The molecule has 1 aliphatic heterocycles. The summed E-state index contributed by atoms with van der Waals surface area (Å²) in [4.78, 5) is 17.5. The summed E-state index contributed by atoms with van der Waals surface area (Å²) in [6, 6.07) is 12.8. The van der Waals surface area contributed by atoms with Crippen LogP contribution in [0.3, 0.4) is 0 Å². The Hall–Kier alpha value is -3.68. The first-order chi connectivity index (χ1) is 14.1. The summed E-state index contributed by atoms with van der Waals surface area (Å²) >= 11 is 0. The number of halogens is 1. The van der Waals surface area contributed by atoms with Crippen molar-refractivity contribution in [1.82, 2.24) is 14.8 Å². The van der Waals surface area contributed by atoms with E-state index in [4.69, 9.17) is 4.74 Å². The summed E-state index contributed by atoms with van der Waals surface area (Å²) in [5, 5.41) is 10.2. The summed E-state index contributed by atoms with van der Waals surface area (Å²) < 4.78 is 21.8. The average molecular weight is 393 g/mol. The first-order valence-electron chi connectivity index (χ1n) is 9.25. The molecule has 1 atom stereocenters. The highest BCUT2D eigenvalue weighted by Gasteiger charge is 2.35. The molecule has 0 aliphatic carbocycles. The number of ether oxygens (including phenoxy) is 1. The number of fused-ring (bicyclic) bond motifs is 1. The summed E-state index contributed by atoms with van der Waals surface area (Å²) in [5.41, 5.74) is 1.80. The van der Waals surface area contributed by atoms with Crippen LogP contribution in [-0.2, 0) is 4.79 Å². The Morgan fingerprint density at radius 1 is 1.24 bits per heavy atom. The van der Waals surface area contributed by atoms with Crippen LogP contribution in [0.4, 0.5) is 16.0 Å². The van der Waals surface area contributed by atoms with E-state index >= 15 is 0 Å². The normalized spacial score (nSPS) is 15.5. The van der Waals surface area contributed by atoms with Crippen molar-refractivity contribution in [3.63, 3.8) is 0 Å². The van der Waals surface area contributed by atoms with E-state index in [2.05, 4.69) is 20.7 Å². The molecule has 2 aromatic carbocycles. The van der Waals surface area contributed by atoms with Gasteiger partial charge in [0, 0.05) is 11.3 Å². The molecule has 148 valence electrons. The Morgan fingerprint density at radius 3 is 2.79 bits per heavy atom. The van der Waals surface area contributed by atoms with Crippen molar-refractivity contribution in [2.24, 2.45) is 0 Å². The van der Waals surface area contributed by atoms with Crippen LogP contribution < -0.4 is 15.4 Å². The maximum Gasteiger partial charge on any atom is 0.255 e. The molecule has 2 N–H and O–H groups in total. The molecule has 1 aliphatic rings. The van der Waals surface area contributed by atoms with Crippen LogP contribution in [0.1, 0.15) is 25.5 Å². The summed E-state index contributed by atoms with van der Waals surface area (Å²) in [6.07, 6.45) is 1.37. The van der Waals surface area contributed by atoms with E-state index < -0.39 is 11.9 Å². The number of carbonyl (C=O) groups is 1. The monoisotopic (exact) mass is 393 g/mol. The molecule has 8 heteroatoms. The second-order valence-electron chi connectivity index (χ2n) is 6.50. The van der Waals surface area contributed by atoms with Crippen LogP contribution in [0.25, 0.3) is 0 Å². The van der Waals surface area contributed by atoms with Crippen LogP contribution in [0.2, 0.25) is 0 Å². The zero-order chi connectivity index (χ0) is 20.4. The Bertz CT molecular complexity index is 1090. The van der Waals surface area contributed by atoms with Crippen molar-refractivity contribution >= 4 is 17.5 Å². The van der Waals surface area contributed by atoms with Gasteiger partial charge >= 0.3 is 0 Å². The second kappa shape index (κ2) is 7.75. The number of hydrogen-bond donors (Lipinski definition) is 2. The van der Waals surface area contributed by atoms with E-state index in [0.717, 1.165) is 0 Å². The Kier molecular flexibility index (Phi) is 4.99. The molecule has 1 unspecified atom stereocenters. The highest BCUT2D eigenvalue weighted by atomic mass is 19.1. The third-order valence-corrected chi connectivity index (χ3v) is 4.67. The third-order valence-electron chi connectivity index (χ3n) is 4.67. The van der Waals surface area contributed by atoms with Crippen LogP contribution in [-0.4, -0.2) is 27.3 Å². The van der Waals surface area contributed by atoms with Crippen molar-refractivity contribution in [2.75, 3.05) is 17.2 Å². The van der Waals surface area contributed by atoms with Gasteiger partial charge in [0.05, 0.1) is 17.9 Å². The Balaban J connectivity index is 1.76. The fraction of sp³-hybridized carbons (Fsp3) is 0.190. The number of anilines is 2. The molecule has 29 heavy (non-hydrogen) atoms. The number of aromatic nitrogens is 3. The van der Waals surface area contributed by atoms with Gasteiger partial charge in [-0.2, -0.15) is 10.1 Å². The van der Waals surface area contributed by atoms with Gasteiger partial charge in [-0.1, -0.05) is 30.3 Å². The molecule has 2 heterocycles. The molecule has 0 saturated carbocycles. The number of para-hydroxylation sites is 2. The molecule has 7 nitrogen and oxygen atoms in total. The minimum atomic E-state index is -0.755. The molecule has 4 rings (SSSR count). The third kappa shape index (κ3) is 3.44. The summed E-state index contributed by atoms with van der Waals surface area (Å²) in [5.74, 6) is 0.210. The SMILES string of the molecule is CCOc1ccccc1NC(=O)C1=C(C)Nc2ncnn2C1c1ccccc1F. The number of hydrogen-bond acceptors (Lipinski definition) is 5. The van der Waals surface area contributed by atoms with E-state index in [-0.39, 0.29) is 5.91 Å². The predicted molar refractivity (Wildman–Crippen MR) is 107 cm³/mol. The minimum absolute atomic E-state index is 0.336. The van der Waals surface area contributed by atoms with Crippen molar-refractivity contribution in [2.45, 2.75) is 19.9 Å².